The van der Waals surface area contributed by atoms with Crippen LogP contribution < -0.4 is 11.1 Å². The van der Waals surface area contributed by atoms with Crippen molar-refractivity contribution in [2.45, 2.75) is 40.2 Å². The highest BCUT2D eigenvalue weighted by molar-refractivity contribution is 5.82. The fourth-order valence-corrected chi connectivity index (χ4v) is 2.07. The van der Waals surface area contributed by atoms with Gasteiger partial charge in [0.15, 0.2) is 0 Å². The van der Waals surface area contributed by atoms with Gasteiger partial charge in [-0.15, -0.1) is 0 Å². The van der Waals surface area contributed by atoms with Gasteiger partial charge in [0.1, 0.15) is 6.26 Å². The number of aromatic nitrogens is 1. The van der Waals surface area contributed by atoms with Crippen LogP contribution in [0.5, 0.6) is 0 Å². The Bertz CT molecular complexity index is 654. The van der Waals surface area contributed by atoms with Crippen molar-refractivity contribution in [3.05, 3.63) is 41.8 Å². The Labute approximate surface area is 137 Å². The second-order valence-electron chi connectivity index (χ2n) is 6.89. The highest BCUT2D eigenvalue weighted by Crippen LogP contribution is 2.19. The molecule has 0 aliphatic rings. The third kappa shape index (κ3) is 4.66. The van der Waals surface area contributed by atoms with E-state index in [-0.39, 0.29) is 11.3 Å². The first-order valence-corrected chi connectivity index (χ1v) is 7.82. The molecule has 0 fully saturated rings. The Morgan fingerprint density at radius 1 is 1.30 bits per heavy atom. The molecule has 23 heavy (non-hydrogen) atoms. The van der Waals surface area contributed by atoms with Crippen molar-refractivity contribution in [3.8, 4) is 11.5 Å². The Hall–Kier alpha value is -2.14. The molecule has 1 heterocycles. The first-order chi connectivity index (χ1) is 10.8. The van der Waals surface area contributed by atoms with E-state index in [1.165, 1.54) is 5.56 Å². The molecule has 3 N–H and O–H groups in total. The molecule has 0 saturated carbocycles. The summed E-state index contributed by atoms with van der Waals surface area (Å²) in [6, 6.07) is 7.48. The maximum Gasteiger partial charge on any atom is 0.237 e. The summed E-state index contributed by atoms with van der Waals surface area (Å²) in [6.07, 6.45) is 2.24. The van der Waals surface area contributed by atoms with Crippen LogP contribution in [0.1, 0.15) is 32.0 Å². The molecule has 124 valence electrons. The van der Waals surface area contributed by atoms with Crippen molar-refractivity contribution >= 4 is 5.91 Å². The molecular weight excluding hydrogens is 290 g/mol. The van der Waals surface area contributed by atoms with E-state index in [4.69, 9.17) is 10.2 Å². The topological polar surface area (TPSA) is 81.2 Å². The van der Waals surface area contributed by atoms with Gasteiger partial charge < -0.3 is 15.5 Å². The number of oxazole rings is 1. The quantitative estimate of drug-likeness (QED) is 0.889. The molecule has 1 aromatic heterocycles. The van der Waals surface area contributed by atoms with Gasteiger partial charge in [-0.05, 0) is 24.5 Å². The number of amides is 1. The number of nitrogens with one attached hydrogen (secondary N) is 1. The van der Waals surface area contributed by atoms with Crippen molar-refractivity contribution in [1.82, 2.24) is 10.3 Å². The van der Waals surface area contributed by atoms with Crippen LogP contribution in [-0.2, 0) is 11.2 Å². The number of carbonyl (C=O) groups is 1. The van der Waals surface area contributed by atoms with E-state index in [0.29, 0.717) is 18.9 Å². The molecular formula is C18H25N3O2. The number of hydrogen-bond donors (Lipinski definition) is 2. The van der Waals surface area contributed by atoms with Crippen molar-refractivity contribution in [2.75, 3.05) is 6.54 Å². The molecule has 0 saturated heterocycles. The molecule has 0 unspecified atom stereocenters. The second kappa shape index (κ2) is 6.96. The molecule has 1 atom stereocenters. The predicted molar refractivity (Wildman–Crippen MR) is 90.8 cm³/mol. The Morgan fingerprint density at radius 3 is 2.57 bits per heavy atom. The van der Waals surface area contributed by atoms with Gasteiger partial charge in [0.05, 0.1) is 11.7 Å². The van der Waals surface area contributed by atoms with Crippen molar-refractivity contribution in [3.63, 3.8) is 0 Å². The van der Waals surface area contributed by atoms with E-state index in [1.54, 1.807) is 6.26 Å². The minimum Gasteiger partial charge on any atom is -0.444 e. The standard InChI is InChI=1S/C18H25N3O2/c1-12-5-7-13(8-6-12)17-21-14(11-23-17)9-10-20-16(22)15(19)18(2,3)4/h5-8,11,15H,9-10,19H2,1-4H3,(H,20,22)/t15-/m1/s1. The van der Waals surface area contributed by atoms with Crippen LogP contribution in [0.3, 0.4) is 0 Å². The molecule has 1 aromatic carbocycles. The molecule has 2 aromatic rings. The lowest BCUT2D eigenvalue weighted by Crippen LogP contribution is -2.49. The number of nitrogens with two attached hydrogens (primary N) is 1. The maximum absolute atomic E-state index is 12.0. The summed E-state index contributed by atoms with van der Waals surface area (Å²) in [6.45, 7) is 8.37. The van der Waals surface area contributed by atoms with E-state index >= 15 is 0 Å². The summed E-state index contributed by atoms with van der Waals surface area (Å²) >= 11 is 0. The van der Waals surface area contributed by atoms with Gasteiger partial charge >= 0.3 is 0 Å². The normalized spacial score (nSPS) is 12.9. The monoisotopic (exact) mass is 315 g/mol. The van der Waals surface area contributed by atoms with Crippen molar-refractivity contribution < 1.29 is 9.21 Å². The van der Waals surface area contributed by atoms with Crippen LogP contribution in [-0.4, -0.2) is 23.5 Å². The SMILES string of the molecule is Cc1ccc(-c2nc(CCNC(=O)[C@@H](N)C(C)(C)C)co2)cc1. The first-order valence-electron chi connectivity index (χ1n) is 7.82. The first kappa shape index (κ1) is 17.2. The summed E-state index contributed by atoms with van der Waals surface area (Å²) in [5.41, 5.74) is 8.61. The third-order valence-corrected chi connectivity index (χ3v) is 3.75. The summed E-state index contributed by atoms with van der Waals surface area (Å²) in [5, 5.41) is 2.85. The van der Waals surface area contributed by atoms with E-state index in [9.17, 15) is 4.79 Å². The molecule has 2 rings (SSSR count). The van der Waals surface area contributed by atoms with Gasteiger partial charge in [0.25, 0.3) is 0 Å². The average molecular weight is 315 g/mol. The van der Waals surface area contributed by atoms with E-state index in [1.807, 2.05) is 52.0 Å². The fourth-order valence-electron chi connectivity index (χ4n) is 2.07. The minimum atomic E-state index is -0.525. The fraction of sp³-hybridized carbons (Fsp3) is 0.444. The molecule has 5 heteroatoms. The number of carbonyl (C=O) groups excluding carboxylic acids is 1. The van der Waals surface area contributed by atoms with E-state index in [0.717, 1.165) is 11.3 Å². The van der Waals surface area contributed by atoms with Crippen LogP contribution in [0.15, 0.2) is 34.9 Å². The van der Waals surface area contributed by atoms with Crippen LogP contribution in [0.25, 0.3) is 11.5 Å². The highest BCUT2D eigenvalue weighted by atomic mass is 16.3. The lowest BCUT2D eigenvalue weighted by molar-refractivity contribution is -0.124. The van der Waals surface area contributed by atoms with Gasteiger partial charge in [0, 0.05) is 18.5 Å². The number of aryl methyl sites for hydroxylation is 1. The minimum absolute atomic E-state index is 0.139. The lowest BCUT2D eigenvalue weighted by atomic mass is 9.87. The highest BCUT2D eigenvalue weighted by Gasteiger charge is 2.27. The van der Waals surface area contributed by atoms with Crippen LogP contribution in [0.2, 0.25) is 0 Å². The summed E-state index contributed by atoms with van der Waals surface area (Å²) in [7, 11) is 0. The van der Waals surface area contributed by atoms with Crippen LogP contribution in [0.4, 0.5) is 0 Å². The van der Waals surface area contributed by atoms with Gasteiger partial charge in [-0.2, -0.15) is 0 Å². The van der Waals surface area contributed by atoms with E-state index < -0.39 is 6.04 Å². The Balaban J connectivity index is 1.88. The van der Waals surface area contributed by atoms with Crippen molar-refractivity contribution in [2.24, 2.45) is 11.1 Å². The Kier molecular flexibility index (Phi) is 5.21. The average Bonchev–Trinajstić information content (AvgIpc) is 2.95. The zero-order valence-electron chi connectivity index (χ0n) is 14.2. The third-order valence-electron chi connectivity index (χ3n) is 3.75. The summed E-state index contributed by atoms with van der Waals surface area (Å²) < 4.78 is 5.50. The van der Waals surface area contributed by atoms with Gasteiger partial charge in [-0.3, -0.25) is 4.79 Å². The zero-order valence-corrected chi connectivity index (χ0v) is 14.2. The van der Waals surface area contributed by atoms with Gasteiger partial charge in [0.2, 0.25) is 11.8 Å². The maximum atomic E-state index is 12.0. The van der Waals surface area contributed by atoms with Crippen molar-refractivity contribution in [1.29, 1.82) is 0 Å². The smallest absolute Gasteiger partial charge is 0.237 e. The Morgan fingerprint density at radius 2 is 1.96 bits per heavy atom. The summed E-state index contributed by atoms with van der Waals surface area (Å²) in [5.74, 6) is 0.456. The number of nitrogens with zero attached hydrogens (tertiary/aromatic N) is 1. The van der Waals surface area contributed by atoms with Gasteiger partial charge in [-0.1, -0.05) is 38.5 Å². The van der Waals surface area contributed by atoms with Crippen LogP contribution in [0, 0.1) is 12.3 Å². The van der Waals surface area contributed by atoms with Gasteiger partial charge in [-0.25, -0.2) is 4.98 Å². The van der Waals surface area contributed by atoms with E-state index in [2.05, 4.69) is 10.3 Å². The molecule has 0 aliphatic heterocycles. The molecule has 5 nitrogen and oxygen atoms in total. The zero-order chi connectivity index (χ0) is 17.0. The molecule has 0 bridgehead atoms. The number of benzene rings is 1. The number of rotatable bonds is 5. The predicted octanol–water partition coefficient (Wildman–Crippen LogP) is 2.68. The van der Waals surface area contributed by atoms with Crippen LogP contribution >= 0.6 is 0 Å². The summed E-state index contributed by atoms with van der Waals surface area (Å²) in [4.78, 5) is 16.4. The number of hydrogen-bond acceptors (Lipinski definition) is 4. The lowest BCUT2D eigenvalue weighted by Gasteiger charge is -2.25. The second-order valence-corrected chi connectivity index (χ2v) is 6.89. The molecule has 0 spiro atoms. The molecule has 0 radical (unpaired) electrons. The largest absolute Gasteiger partial charge is 0.444 e. The molecule has 0 aliphatic carbocycles. The molecule has 1 amide bonds.